The summed E-state index contributed by atoms with van der Waals surface area (Å²) in [5.74, 6) is 1.65. The van der Waals surface area contributed by atoms with E-state index in [0.717, 1.165) is 22.3 Å². The van der Waals surface area contributed by atoms with Gasteiger partial charge in [-0.15, -0.1) is 0 Å². The minimum atomic E-state index is -0.0777. The standard InChI is InChI=1S/C22H21BrN2O3/c23-16-5-4-8-19(13-16)27-15-20-9-10-21(28-20)22(26)25-12-11-18(14-25)24-17-6-2-1-3-7-17/h1-10,13,18,24H,11-12,14-15H2. The van der Waals surface area contributed by atoms with E-state index in [1.165, 1.54) is 0 Å². The average molecular weight is 441 g/mol. The van der Waals surface area contributed by atoms with Crippen LogP contribution in [0.4, 0.5) is 5.69 Å². The molecule has 1 fully saturated rings. The maximum Gasteiger partial charge on any atom is 0.289 e. The first kappa shape index (κ1) is 18.6. The summed E-state index contributed by atoms with van der Waals surface area (Å²) in [6.45, 7) is 1.66. The number of para-hydroxylation sites is 1. The largest absolute Gasteiger partial charge is 0.486 e. The van der Waals surface area contributed by atoms with Crippen molar-refractivity contribution in [2.24, 2.45) is 0 Å². The van der Waals surface area contributed by atoms with Gasteiger partial charge in [0.1, 0.15) is 18.1 Å². The highest BCUT2D eigenvalue weighted by molar-refractivity contribution is 9.10. The van der Waals surface area contributed by atoms with E-state index < -0.39 is 0 Å². The van der Waals surface area contributed by atoms with Gasteiger partial charge in [0.25, 0.3) is 5.91 Å². The molecule has 1 aliphatic heterocycles. The van der Waals surface area contributed by atoms with Crippen molar-refractivity contribution < 1.29 is 13.9 Å². The Balaban J connectivity index is 1.32. The Morgan fingerprint density at radius 1 is 1.14 bits per heavy atom. The van der Waals surface area contributed by atoms with Gasteiger partial charge in [-0.1, -0.05) is 40.2 Å². The van der Waals surface area contributed by atoms with Gasteiger partial charge in [-0.3, -0.25) is 4.79 Å². The summed E-state index contributed by atoms with van der Waals surface area (Å²) in [5.41, 5.74) is 1.08. The van der Waals surface area contributed by atoms with Crippen LogP contribution in [0.25, 0.3) is 0 Å². The highest BCUT2D eigenvalue weighted by atomic mass is 79.9. The normalized spacial score (nSPS) is 16.2. The zero-order chi connectivity index (χ0) is 19.3. The second-order valence-electron chi connectivity index (χ2n) is 6.76. The number of carbonyl (C=O) groups excluding carboxylic acids is 1. The van der Waals surface area contributed by atoms with E-state index in [1.807, 2.05) is 59.5 Å². The third-order valence-electron chi connectivity index (χ3n) is 4.67. The van der Waals surface area contributed by atoms with Gasteiger partial charge in [-0.05, 0) is 48.9 Å². The van der Waals surface area contributed by atoms with Gasteiger partial charge in [0.2, 0.25) is 0 Å². The molecule has 1 saturated heterocycles. The molecule has 144 valence electrons. The second-order valence-corrected chi connectivity index (χ2v) is 7.67. The zero-order valence-corrected chi connectivity index (χ0v) is 16.9. The Morgan fingerprint density at radius 2 is 2.00 bits per heavy atom. The Bertz CT molecular complexity index is 942. The van der Waals surface area contributed by atoms with Crippen molar-refractivity contribution in [3.05, 3.63) is 82.7 Å². The first-order valence-electron chi connectivity index (χ1n) is 9.25. The van der Waals surface area contributed by atoms with Crippen LogP contribution in [0.15, 0.2) is 75.6 Å². The van der Waals surface area contributed by atoms with E-state index in [2.05, 4.69) is 21.2 Å². The van der Waals surface area contributed by atoms with E-state index in [9.17, 15) is 4.79 Å². The van der Waals surface area contributed by atoms with E-state index in [0.29, 0.717) is 24.6 Å². The minimum Gasteiger partial charge on any atom is -0.486 e. The number of halogens is 1. The van der Waals surface area contributed by atoms with Gasteiger partial charge in [0, 0.05) is 29.3 Å². The molecule has 1 aliphatic rings. The Morgan fingerprint density at radius 3 is 2.82 bits per heavy atom. The van der Waals surface area contributed by atoms with Crippen LogP contribution >= 0.6 is 15.9 Å². The smallest absolute Gasteiger partial charge is 0.289 e. The molecule has 5 nitrogen and oxygen atoms in total. The molecule has 4 rings (SSSR count). The fraction of sp³-hybridized carbons (Fsp3) is 0.227. The highest BCUT2D eigenvalue weighted by Crippen LogP contribution is 2.21. The fourth-order valence-electron chi connectivity index (χ4n) is 3.27. The molecule has 2 aromatic carbocycles. The molecule has 0 saturated carbocycles. The second kappa shape index (κ2) is 8.52. The van der Waals surface area contributed by atoms with Gasteiger partial charge in [0.15, 0.2) is 5.76 Å². The number of hydrogen-bond donors (Lipinski definition) is 1. The molecule has 6 heteroatoms. The van der Waals surface area contributed by atoms with Crippen molar-refractivity contribution in [2.45, 2.75) is 19.1 Å². The molecule has 0 aliphatic carbocycles. The fourth-order valence-corrected chi connectivity index (χ4v) is 3.65. The molecule has 1 unspecified atom stereocenters. The summed E-state index contributed by atoms with van der Waals surface area (Å²) in [6.07, 6.45) is 0.917. The molecular weight excluding hydrogens is 420 g/mol. The van der Waals surface area contributed by atoms with Crippen molar-refractivity contribution in [3.63, 3.8) is 0 Å². The number of nitrogens with zero attached hydrogens (tertiary/aromatic N) is 1. The zero-order valence-electron chi connectivity index (χ0n) is 15.3. The van der Waals surface area contributed by atoms with Gasteiger partial charge in [0.05, 0.1) is 0 Å². The SMILES string of the molecule is O=C(c1ccc(COc2cccc(Br)c2)o1)N1CCC(Nc2ccccc2)C1. The number of carbonyl (C=O) groups is 1. The summed E-state index contributed by atoms with van der Waals surface area (Å²) in [4.78, 5) is 14.6. The first-order chi connectivity index (χ1) is 13.7. The minimum absolute atomic E-state index is 0.0777. The molecule has 1 amide bonds. The predicted molar refractivity (Wildman–Crippen MR) is 112 cm³/mol. The number of furan rings is 1. The van der Waals surface area contributed by atoms with Crippen LogP contribution in [0.5, 0.6) is 5.75 Å². The Kier molecular flexibility index (Phi) is 5.67. The molecule has 1 aromatic heterocycles. The van der Waals surface area contributed by atoms with Crippen LogP contribution in [0.2, 0.25) is 0 Å². The van der Waals surface area contributed by atoms with Crippen molar-refractivity contribution in [3.8, 4) is 5.75 Å². The molecule has 1 N–H and O–H groups in total. The molecule has 3 aromatic rings. The Hall–Kier alpha value is -2.73. The average Bonchev–Trinajstić information content (AvgIpc) is 3.36. The quantitative estimate of drug-likeness (QED) is 0.589. The lowest BCUT2D eigenvalue weighted by atomic mass is 10.2. The number of nitrogens with one attached hydrogen (secondary N) is 1. The van der Waals surface area contributed by atoms with Crippen LogP contribution in [-0.2, 0) is 6.61 Å². The highest BCUT2D eigenvalue weighted by Gasteiger charge is 2.28. The molecule has 1 atom stereocenters. The number of amides is 1. The van der Waals surface area contributed by atoms with Crippen LogP contribution in [-0.4, -0.2) is 29.9 Å². The lowest BCUT2D eigenvalue weighted by molar-refractivity contribution is 0.0756. The number of anilines is 1. The number of ether oxygens (including phenoxy) is 1. The third kappa shape index (κ3) is 4.57. The molecule has 0 radical (unpaired) electrons. The molecule has 0 spiro atoms. The van der Waals surface area contributed by atoms with E-state index >= 15 is 0 Å². The van der Waals surface area contributed by atoms with Crippen LogP contribution < -0.4 is 10.1 Å². The van der Waals surface area contributed by atoms with Crippen molar-refractivity contribution in [1.82, 2.24) is 4.90 Å². The van der Waals surface area contributed by atoms with Crippen LogP contribution in [0, 0.1) is 0 Å². The van der Waals surface area contributed by atoms with Crippen molar-refractivity contribution in [2.75, 3.05) is 18.4 Å². The van der Waals surface area contributed by atoms with Gasteiger partial charge >= 0.3 is 0 Å². The molecule has 28 heavy (non-hydrogen) atoms. The van der Waals surface area contributed by atoms with E-state index in [1.54, 1.807) is 12.1 Å². The summed E-state index contributed by atoms with van der Waals surface area (Å²) >= 11 is 3.42. The molecular formula is C22H21BrN2O3. The summed E-state index contributed by atoms with van der Waals surface area (Å²) < 4.78 is 12.4. The number of likely N-dealkylation sites (tertiary alicyclic amines) is 1. The lowest BCUT2D eigenvalue weighted by Crippen LogP contribution is -2.31. The van der Waals surface area contributed by atoms with E-state index in [4.69, 9.17) is 9.15 Å². The van der Waals surface area contributed by atoms with Crippen molar-refractivity contribution >= 4 is 27.5 Å². The monoisotopic (exact) mass is 440 g/mol. The van der Waals surface area contributed by atoms with Crippen LogP contribution in [0.3, 0.4) is 0 Å². The maximum atomic E-state index is 12.7. The lowest BCUT2D eigenvalue weighted by Gasteiger charge is -2.16. The summed E-state index contributed by atoms with van der Waals surface area (Å²) in [7, 11) is 0. The number of hydrogen-bond acceptors (Lipinski definition) is 4. The molecule has 2 heterocycles. The van der Waals surface area contributed by atoms with Crippen molar-refractivity contribution in [1.29, 1.82) is 0 Å². The number of benzene rings is 2. The third-order valence-corrected chi connectivity index (χ3v) is 5.16. The molecule has 0 bridgehead atoms. The number of rotatable bonds is 6. The van der Waals surface area contributed by atoms with Gasteiger partial charge < -0.3 is 19.4 Å². The van der Waals surface area contributed by atoms with Crippen LogP contribution in [0.1, 0.15) is 22.7 Å². The van der Waals surface area contributed by atoms with Gasteiger partial charge in [-0.2, -0.15) is 0 Å². The first-order valence-corrected chi connectivity index (χ1v) is 10.0. The van der Waals surface area contributed by atoms with E-state index in [-0.39, 0.29) is 18.6 Å². The van der Waals surface area contributed by atoms with Gasteiger partial charge in [-0.25, -0.2) is 0 Å². The summed E-state index contributed by atoms with van der Waals surface area (Å²) in [6, 6.07) is 21.4. The maximum absolute atomic E-state index is 12.7. The Labute approximate surface area is 172 Å². The predicted octanol–water partition coefficient (Wildman–Crippen LogP) is 4.95. The summed E-state index contributed by atoms with van der Waals surface area (Å²) in [5, 5.41) is 3.48. The topological polar surface area (TPSA) is 54.7 Å².